The molecule has 12 heteroatoms. The maximum Gasteiger partial charge on any atom is 0.296 e. The molecule has 5 aromatic rings. The maximum absolute atomic E-state index is 14.0. The first-order chi connectivity index (χ1) is 22.4. The summed E-state index contributed by atoms with van der Waals surface area (Å²) in [6.45, 7) is 2.62. The number of furan rings is 1. The molecule has 3 heterocycles. The van der Waals surface area contributed by atoms with Gasteiger partial charge in [-0.25, -0.2) is 4.39 Å². The Bertz CT molecular complexity index is 1890. The number of ketones is 1. The van der Waals surface area contributed by atoms with E-state index in [9.17, 15) is 19.1 Å². The largest absolute Gasteiger partial charge is 0.503 e. The first kappa shape index (κ1) is 31.3. The summed E-state index contributed by atoms with van der Waals surface area (Å²) in [7, 11) is 1.51. The number of aliphatic hydroxyl groups is 1. The number of ether oxygens (including phenoxy) is 2. The van der Waals surface area contributed by atoms with E-state index in [0.29, 0.717) is 44.7 Å². The number of aliphatic hydroxyl groups excluding tert-OH is 1. The van der Waals surface area contributed by atoms with Crippen molar-refractivity contribution in [1.82, 2.24) is 10.2 Å². The van der Waals surface area contributed by atoms with Crippen molar-refractivity contribution in [2.45, 2.75) is 42.3 Å². The molecule has 1 aliphatic rings. The van der Waals surface area contributed by atoms with Gasteiger partial charge in [-0.2, -0.15) is 0 Å². The van der Waals surface area contributed by atoms with Gasteiger partial charge >= 0.3 is 0 Å². The lowest BCUT2D eigenvalue weighted by Gasteiger charge is -2.24. The van der Waals surface area contributed by atoms with Crippen molar-refractivity contribution < 1.29 is 33.0 Å². The van der Waals surface area contributed by atoms with Crippen LogP contribution in [0.2, 0.25) is 0 Å². The van der Waals surface area contributed by atoms with E-state index in [0.717, 1.165) is 36.2 Å². The monoisotopic (exact) mass is 659 g/mol. The number of unbranched alkanes of at least 4 members (excludes halogenated alkanes) is 2. The van der Waals surface area contributed by atoms with Crippen LogP contribution < -0.4 is 14.4 Å². The van der Waals surface area contributed by atoms with Crippen molar-refractivity contribution in [3.05, 3.63) is 107 Å². The highest BCUT2D eigenvalue weighted by Gasteiger charge is 2.47. The molecule has 6 rings (SSSR count). The SMILES string of the molecule is CCCCCOc1ccc([C@H]2C(C(=O)c3cc4ccccc4o3)=C(O)C(=O)N2c2nnc(SCc3ccc(F)cc3)s2)cc1OC. The molecule has 9 nitrogen and oxygen atoms in total. The molecule has 1 N–H and O–H groups in total. The minimum absolute atomic E-state index is 0.0157. The van der Waals surface area contributed by atoms with Gasteiger partial charge in [-0.3, -0.25) is 14.5 Å². The molecule has 236 valence electrons. The highest BCUT2D eigenvalue weighted by Crippen LogP contribution is 2.46. The number of methoxy groups -OCH3 is 1. The van der Waals surface area contributed by atoms with Gasteiger partial charge in [-0.1, -0.05) is 79.3 Å². The highest BCUT2D eigenvalue weighted by atomic mass is 32.2. The van der Waals surface area contributed by atoms with Gasteiger partial charge in [0.1, 0.15) is 11.4 Å². The minimum Gasteiger partial charge on any atom is -0.503 e. The molecule has 0 fully saturated rings. The number of para-hydroxylation sites is 1. The molecule has 0 saturated carbocycles. The fourth-order valence-corrected chi connectivity index (χ4v) is 6.99. The second-order valence-electron chi connectivity index (χ2n) is 10.5. The second kappa shape index (κ2) is 13.8. The van der Waals surface area contributed by atoms with Crippen LogP contribution in [-0.2, 0) is 10.5 Å². The maximum atomic E-state index is 14.0. The van der Waals surface area contributed by atoms with Gasteiger partial charge in [0.25, 0.3) is 5.91 Å². The van der Waals surface area contributed by atoms with Crippen LogP contribution in [0, 0.1) is 5.82 Å². The van der Waals surface area contributed by atoms with Crippen molar-refractivity contribution in [3.63, 3.8) is 0 Å². The van der Waals surface area contributed by atoms with Gasteiger partial charge in [0.15, 0.2) is 27.4 Å². The summed E-state index contributed by atoms with van der Waals surface area (Å²) < 4.78 is 31.3. The van der Waals surface area contributed by atoms with Crippen LogP contribution in [0.3, 0.4) is 0 Å². The predicted molar refractivity (Wildman–Crippen MR) is 174 cm³/mol. The third kappa shape index (κ3) is 6.35. The molecule has 0 aliphatic carbocycles. The molecule has 0 unspecified atom stereocenters. The van der Waals surface area contributed by atoms with E-state index >= 15 is 0 Å². The molecule has 1 aliphatic heterocycles. The summed E-state index contributed by atoms with van der Waals surface area (Å²) in [6.07, 6.45) is 2.97. The Kier molecular flexibility index (Phi) is 9.36. The van der Waals surface area contributed by atoms with Crippen LogP contribution in [0.15, 0.2) is 92.9 Å². The summed E-state index contributed by atoms with van der Waals surface area (Å²) in [5.74, 6) is -1.04. The van der Waals surface area contributed by atoms with Gasteiger partial charge in [0, 0.05) is 11.1 Å². The van der Waals surface area contributed by atoms with Gasteiger partial charge in [-0.05, 0) is 53.9 Å². The topological polar surface area (TPSA) is 115 Å². The van der Waals surface area contributed by atoms with Crippen LogP contribution in [0.25, 0.3) is 11.0 Å². The smallest absolute Gasteiger partial charge is 0.296 e. The Morgan fingerprint density at radius 2 is 1.87 bits per heavy atom. The second-order valence-corrected chi connectivity index (χ2v) is 12.7. The number of hydrogen-bond donors (Lipinski definition) is 1. The fourth-order valence-electron chi connectivity index (χ4n) is 5.17. The van der Waals surface area contributed by atoms with Crippen molar-refractivity contribution >= 4 is 50.9 Å². The zero-order valence-corrected chi connectivity index (χ0v) is 26.7. The molecular formula is C34H30FN3O6S2. The van der Waals surface area contributed by atoms with Gasteiger partial charge in [-0.15, -0.1) is 10.2 Å². The first-order valence-electron chi connectivity index (χ1n) is 14.7. The lowest BCUT2D eigenvalue weighted by atomic mass is 9.95. The van der Waals surface area contributed by atoms with E-state index in [1.807, 2.05) is 12.1 Å². The Morgan fingerprint density at radius 1 is 1.07 bits per heavy atom. The fraction of sp³-hybridized carbons (Fsp3) is 0.235. The number of rotatable bonds is 13. The van der Waals surface area contributed by atoms with E-state index in [-0.39, 0.29) is 22.3 Å². The lowest BCUT2D eigenvalue weighted by molar-refractivity contribution is -0.117. The van der Waals surface area contributed by atoms with Crippen molar-refractivity contribution in [2.75, 3.05) is 18.6 Å². The summed E-state index contributed by atoms with van der Waals surface area (Å²) in [5.41, 5.74) is 1.73. The predicted octanol–water partition coefficient (Wildman–Crippen LogP) is 8.08. The summed E-state index contributed by atoms with van der Waals surface area (Å²) in [6, 6.07) is 19.0. The number of fused-ring (bicyclic) bond motifs is 1. The molecule has 0 bridgehead atoms. The lowest BCUT2D eigenvalue weighted by Crippen LogP contribution is -2.31. The average Bonchev–Trinajstić information content (AvgIpc) is 3.79. The number of aromatic nitrogens is 2. The molecule has 0 spiro atoms. The molecule has 2 aromatic heterocycles. The van der Waals surface area contributed by atoms with Crippen LogP contribution in [-0.4, -0.2) is 40.7 Å². The highest BCUT2D eigenvalue weighted by molar-refractivity contribution is 8.00. The zero-order valence-electron chi connectivity index (χ0n) is 25.1. The van der Waals surface area contributed by atoms with Crippen molar-refractivity contribution in [1.29, 1.82) is 0 Å². The first-order valence-corrected chi connectivity index (χ1v) is 16.5. The van der Waals surface area contributed by atoms with Gasteiger partial charge < -0.3 is 19.0 Å². The van der Waals surface area contributed by atoms with E-state index in [4.69, 9.17) is 13.9 Å². The summed E-state index contributed by atoms with van der Waals surface area (Å²) in [4.78, 5) is 29.0. The average molecular weight is 660 g/mol. The Hall–Kier alpha value is -4.68. The zero-order chi connectivity index (χ0) is 32.2. The van der Waals surface area contributed by atoms with Gasteiger partial charge in [0.05, 0.1) is 25.3 Å². The normalized spacial score (nSPS) is 14.8. The number of carbonyl (C=O) groups is 2. The number of nitrogens with zero attached hydrogens (tertiary/aromatic N) is 3. The van der Waals surface area contributed by atoms with E-state index in [1.54, 1.807) is 48.5 Å². The molecule has 1 amide bonds. The Balaban J connectivity index is 1.36. The van der Waals surface area contributed by atoms with E-state index in [1.165, 1.54) is 35.9 Å². The number of benzene rings is 3. The van der Waals surface area contributed by atoms with E-state index in [2.05, 4.69) is 17.1 Å². The quantitative estimate of drug-likeness (QED) is 0.0580. The molecule has 0 radical (unpaired) electrons. The number of amides is 1. The van der Waals surface area contributed by atoms with Crippen LogP contribution in [0.4, 0.5) is 9.52 Å². The Morgan fingerprint density at radius 3 is 2.63 bits per heavy atom. The minimum atomic E-state index is -1.07. The van der Waals surface area contributed by atoms with Gasteiger partial charge in [0.2, 0.25) is 10.9 Å². The number of carbonyl (C=O) groups excluding carboxylic acids is 2. The number of thioether (sulfide) groups is 1. The molecular weight excluding hydrogens is 630 g/mol. The van der Waals surface area contributed by atoms with Crippen LogP contribution >= 0.6 is 23.1 Å². The summed E-state index contributed by atoms with van der Waals surface area (Å²) >= 11 is 2.52. The summed E-state index contributed by atoms with van der Waals surface area (Å²) in [5, 5.41) is 20.7. The molecule has 3 aromatic carbocycles. The van der Waals surface area contributed by atoms with E-state index < -0.39 is 23.5 Å². The third-order valence-corrected chi connectivity index (χ3v) is 9.62. The molecule has 0 saturated heterocycles. The number of hydrogen-bond acceptors (Lipinski definition) is 10. The standard InChI is InChI=1S/C34H30FN3O6S2/c1-3-4-7-16-43-25-15-12-22(18-26(25)42-2)29-28(30(39)27-17-21-8-5-6-9-24(21)44-27)31(40)32(41)38(29)33-36-37-34(46-33)45-19-20-10-13-23(35)14-11-20/h5-6,8-15,17-18,29,40H,3-4,7,16,19H2,1-2H3/t29-/m0/s1. The molecule has 1 atom stereocenters. The molecule has 46 heavy (non-hydrogen) atoms. The van der Waals surface area contributed by atoms with Crippen molar-refractivity contribution in [3.8, 4) is 11.5 Å². The third-order valence-electron chi connectivity index (χ3n) is 7.49. The number of Topliss-reactive ketones (excluding diaryl/α,β-unsaturated/α-hetero) is 1. The number of anilines is 1. The van der Waals surface area contributed by atoms with Crippen LogP contribution in [0.5, 0.6) is 11.5 Å². The number of halogens is 1. The van der Waals surface area contributed by atoms with Crippen LogP contribution in [0.1, 0.15) is 53.9 Å². The van der Waals surface area contributed by atoms with Crippen molar-refractivity contribution in [2.24, 2.45) is 0 Å². The Labute approximate surface area is 272 Å².